The average molecular weight is 399 g/mol. The number of anilines is 3. The summed E-state index contributed by atoms with van der Waals surface area (Å²) in [6.45, 7) is 7.91. The monoisotopic (exact) mass is 398 g/mol. The van der Waals surface area contributed by atoms with E-state index in [4.69, 9.17) is 0 Å². The fraction of sp³-hybridized carbons (Fsp3) is 0.250. The number of para-hydroxylation sites is 1. The second-order valence-electron chi connectivity index (χ2n) is 6.38. The highest BCUT2D eigenvalue weighted by Gasteiger charge is 2.18. The highest BCUT2D eigenvalue weighted by atomic mass is 32.2. The number of nitrogens with one attached hydrogen (secondary N) is 2. The van der Waals surface area contributed by atoms with Crippen LogP contribution in [0.15, 0.2) is 46.8 Å². The van der Waals surface area contributed by atoms with Crippen LogP contribution in [0.1, 0.15) is 23.6 Å². The van der Waals surface area contributed by atoms with E-state index in [2.05, 4.69) is 26.9 Å². The Balaban J connectivity index is 1.62. The van der Waals surface area contributed by atoms with Gasteiger partial charge in [-0.05, 0) is 56.5 Å². The Bertz CT molecular complexity index is 934. The topological polar surface area (TPSA) is 66.9 Å². The molecule has 2 aromatic carbocycles. The van der Waals surface area contributed by atoms with Gasteiger partial charge in [-0.2, -0.15) is 0 Å². The number of aryl methyl sites for hydroxylation is 3. The lowest BCUT2D eigenvalue weighted by Gasteiger charge is -2.14. The molecule has 140 valence electrons. The molecule has 1 heterocycles. The number of thioether (sulfide) groups is 1. The SMILES string of the molecule is Cc1cccc(Nc2nnc(S[C@H](C)C(=O)Nc3c(C)cccc3C)s2)c1. The van der Waals surface area contributed by atoms with Crippen molar-refractivity contribution in [1.82, 2.24) is 10.2 Å². The molecule has 0 aliphatic carbocycles. The number of hydrogen-bond donors (Lipinski definition) is 2. The van der Waals surface area contributed by atoms with E-state index in [-0.39, 0.29) is 11.2 Å². The molecule has 0 fully saturated rings. The molecule has 3 aromatic rings. The largest absolute Gasteiger partial charge is 0.330 e. The molecule has 0 radical (unpaired) electrons. The minimum absolute atomic E-state index is 0.0409. The van der Waals surface area contributed by atoms with Gasteiger partial charge in [0.1, 0.15) is 0 Å². The van der Waals surface area contributed by atoms with Gasteiger partial charge in [-0.1, -0.05) is 53.4 Å². The standard InChI is InChI=1S/C20H22N4OS2/c1-12-7-5-10-16(11-12)21-19-23-24-20(27-19)26-15(4)18(25)22-17-13(2)8-6-9-14(17)3/h5-11,15H,1-4H3,(H,21,23)(H,22,25)/t15-/m1/s1. The van der Waals surface area contributed by atoms with E-state index in [0.717, 1.165) is 26.8 Å². The lowest BCUT2D eigenvalue weighted by molar-refractivity contribution is -0.115. The van der Waals surface area contributed by atoms with Crippen molar-refractivity contribution in [2.75, 3.05) is 10.6 Å². The van der Waals surface area contributed by atoms with Crippen LogP contribution in [0, 0.1) is 20.8 Å². The van der Waals surface area contributed by atoms with Crippen LogP contribution in [0.3, 0.4) is 0 Å². The van der Waals surface area contributed by atoms with Crippen molar-refractivity contribution >= 4 is 45.5 Å². The van der Waals surface area contributed by atoms with Gasteiger partial charge in [0, 0.05) is 11.4 Å². The summed E-state index contributed by atoms with van der Waals surface area (Å²) >= 11 is 2.85. The van der Waals surface area contributed by atoms with E-state index in [9.17, 15) is 4.79 Å². The second kappa shape index (κ2) is 8.54. The summed E-state index contributed by atoms with van der Waals surface area (Å²) in [4.78, 5) is 12.6. The molecular weight excluding hydrogens is 376 g/mol. The zero-order valence-electron chi connectivity index (χ0n) is 15.7. The molecule has 2 N–H and O–H groups in total. The number of benzene rings is 2. The normalized spacial score (nSPS) is 11.9. The highest BCUT2D eigenvalue weighted by molar-refractivity contribution is 8.02. The van der Waals surface area contributed by atoms with E-state index in [1.165, 1.54) is 28.7 Å². The summed E-state index contributed by atoms with van der Waals surface area (Å²) < 4.78 is 0.759. The number of amides is 1. The van der Waals surface area contributed by atoms with Crippen molar-refractivity contribution in [3.63, 3.8) is 0 Å². The van der Waals surface area contributed by atoms with Gasteiger partial charge in [0.15, 0.2) is 4.34 Å². The molecule has 7 heteroatoms. The maximum Gasteiger partial charge on any atom is 0.237 e. The van der Waals surface area contributed by atoms with Crippen molar-refractivity contribution in [2.24, 2.45) is 0 Å². The average Bonchev–Trinajstić information content (AvgIpc) is 3.05. The van der Waals surface area contributed by atoms with Gasteiger partial charge >= 0.3 is 0 Å². The van der Waals surface area contributed by atoms with Crippen molar-refractivity contribution in [2.45, 2.75) is 37.3 Å². The van der Waals surface area contributed by atoms with Gasteiger partial charge in [-0.15, -0.1) is 10.2 Å². The van der Waals surface area contributed by atoms with Crippen LogP contribution in [0.2, 0.25) is 0 Å². The smallest absolute Gasteiger partial charge is 0.237 e. The van der Waals surface area contributed by atoms with Crippen molar-refractivity contribution in [3.8, 4) is 0 Å². The predicted octanol–water partition coefficient (Wildman–Crippen LogP) is 5.33. The third-order valence-electron chi connectivity index (χ3n) is 4.05. The van der Waals surface area contributed by atoms with Gasteiger partial charge in [-0.25, -0.2) is 0 Å². The molecule has 0 bridgehead atoms. The summed E-state index contributed by atoms with van der Waals surface area (Å²) in [5.41, 5.74) is 5.15. The first-order valence-electron chi connectivity index (χ1n) is 8.63. The zero-order valence-corrected chi connectivity index (χ0v) is 17.4. The van der Waals surface area contributed by atoms with Crippen LogP contribution >= 0.6 is 23.1 Å². The highest BCUT2D eigenvalue weighted by Crippen LogP contribution is 2.31. The minimum Gasteiger partial charge on any atom is -0.330 e. The van der Waals surface area contributed by atoms with Gasteiger partial charge in [0.2, 0.25) is 11.0 Å². The molecule has 3 rings (SSSR count). The molecular formula is C20H22N4OS2. The van der Waals surface area contributed by atoms with E-state index in [0.29, 0.717) is 5.13 Å². The number of hydrogen-bond acceptors (Lipinski definition) is 6. The lowest BCUT2D eigenvalue weighted by atomic mass is 10.1. The van der Waals surface area contributed by atoms with Crippen LogP contribution in [-0.2, 0) is 4.79 Å². The summed E-state index contributed by atoms with van der Waals surface area (Å²) in [6.07, 6.45) is 0. The predicted molar refractivity (Wildman–Crippen MR) is 114 cm³/mol. The van der Waals surface area contributed by atoms with Crippen LogP contribution in [0.5, 0.6) is 0 Å². The van der Waals surface area contributed by atoms with Gasteiger partial charge in [0.05, 0.1) is 5.25 Å². The van der Waals surface area contributed by atoms with Crippen LogP contribution in [-0.4, -0.2) is 21.4 Å². The van der Waals surface area contributed by atoms with Crippen molar-refractivity contribution < 1.29 is 4.79 Å². The van der Waals surface area contributed by atoms with Gasteiger partial charge in [0.25, 0.3) is 0 Å². The molecule has 0 aliphatic heterocycles. The molecule has 0 saturated heterocycles. The first-order chi connectivity index (χ1) is 12.9. The van der Waals surface area contributed by atoms with Crippen molar-refractivity contribution in [1.29, 1.82) is 0 Å². The first-order valence-corrected chi connectivity index (χ1v) is 10.3. The molecule has 1 aromatic heterocycles. The third-order valence-corrected chi connectivity index (χ3v) is 6.07. The quantitative estimate of drug-likeness (QED) is 0.550. The Morgan fingerprint density at radius 3 is 2.48 bits per heavy atom. The maximum absolute atomic E-state index is 12.6. The molecule has 0 saturated carbocycles. The molecule has 0 spiro atoms. The van der Waals surface area contributed by atoms with Gasteiger partial charge < -0.3 is 10.6 Å². The van der Waals surface area contributed by atoms with Crippen LogP contribution in [0.25, 0.3) is 0 Å². The van der Waals surface area contributed by atoms with E-state index >= 15 is 0 Å². The zero-order chi connectivity index (χ0) is 19.4. The molecule has 1 amide bonds. The number of carbonyl (C=O) groups excluding carboxylic acids is 1. The maximum atomic E-state index is 12.6. The van der Waals surface area contributed by atoms with Crippen molar-refractivity contribution in [3.05, 3.63) is 59.2 Å². The molecule has 27 heavy (non-hydrogen) atoms. The number of carbonyl (C=O) groups is 1. The Kier molecular flexibility index (Phi) is 6.13. The van der Waals surface area contributed by atoms with Gasteiger partial charge in [-0.3, -0.25) is 4.79 Å². The summed E-state index contributed by atoms with van der Waals surface area (Å²) in [7, 11) is 0. The fourth-order valence-corrected chi connectivity index (χ4v) is 4.51. The number of rotatable bonds is 6. The molecule has 0 unspecified atom stereocenters. The molecule has 5 nitrogen and oxygen atoms in total. The van der Waals surface area contributed by atoms with E-state index in [1.807, 2.05) is 64.1 Å². The summed E-state index contributed by atoms with van der Waals surface area (Å²) in [5, 5.41) is 15.1. The first kappa shape index (κ1) is 19.4. The molecule has 1 atom stereocenters. The molecule has 0 aliphatic rings. The number of aromatic nitrogens is 2. The van der Waals surface area contributed by atoms with Crippen LogP contribution < -0.4 is 10.6 Å². The van der Waals surface area contributed by atoms with E-state index in [1.54, 1.807) is 0 Å². The number of nitrogens with zero attached hydrogens (tertiary/aromatic N) is 2. The lowest BCUT2D eigenvalue weighted by Crippen LogP contribution is -2.23. The summed E-state index contributed by atoms with van der Waals surface area (Å²) in [6, 6.07) is 14.1. The Labute approximate surface area is 167 Å². The third kappa shape index (κ3) is 5.08. The van der Waals surface area contributed by atoms with Crippen LogP contribution in [0.4, 0.5) is 16.5 Å². The fourth-order valence-electron chi connectivity index (χ4n) is 2.60. The second-order valence-corrected chi connectivity index (χ2v) is 8.95. The Morgan fingerprint density at radius 2 is 1.78 bits per heavy atom. The Hall–Kier alpha value is -2.38. The van der Waals surface area contributed by atoms with E-state index < -0.39 is 0 Å². The Morgan fingerprint density at radius 1 is 1.07 bits per heavy atom. The summed E-state index contributed by atoms with van der Waals surface area (Å²) in [5.74, 6) is -0.0409. The minimum atomic E-state index is -0.274.